The van der Waals surface area contributed by atoms with Gasteiger partial charge in [0.25, 0.3) is 0 Å². The van der Waals surface area contributed by atoms with E-state index in [1.165, 1.54) is 23.5 Å². The minimum Gasteiger partial charge on any atom is -0.499 e. The lowest BCUT2D eigenvalue weighted by molar-refractivity contribution is 0.198. The SMILES string of the molecule is COCCC1SC(O)=C(O)S1. The van der Waals surface area contributed by atoms with Crippen LogP contribution in [0.4, 0.5) is 0 Å². The average Bonchev–Trinajstić information content (AvgIpc) is 2.28. The van der Waals surface area contributed by atoms with Gasteiger partial charge in [-0.2, -0.15) is 0 Å². The van der Waals surface area contributed by atoms with E-state index in [4.69, 9.17) is 14.9 Å². The summed E-state index contributed by atoms with van der Waals surface area (Å²) in [6, 6.07) is 0. The Labute approximate surface area is 73.8 Å². The monoisotopic (exact) mass is 194 g/mol. The summed E-state index contributed by atoms with van der Waals surface area (Å²) in [6.07, 6.45) is 0.833. The van der Waals surface area contributed by atoms with Crippen molar-refractivity contribution in [1.29, 1.82) is 0 Å². The largest absolute Gasteiger partial charge is 0.499 e. The van der Waals surface area contributed by atoms with Gasteiger partial charge in [-0.1, -0.05) is 23.5 Å². The summed E-state index contributed by atoms with van der Waals surface area (Å²) in [5.41, 5.74) is 0. The van der Waals surface area contributed by atoms with Gasteiger partial charge in [0, 0.05) is 13.7 Å². The lowest BCUT2D eigenvalue weighted by Crippen LogP contribution is -1.98. The molecule has 2 N–H and O–H groups in total. The third-order valence-corrected chi connectivity index (χ3v) is 3.76. The second-order valence-electron chi connectivity index (χ2n) is 2.06. The molecule has 0 saturated carbocycles. The molecule has 0 aromatic carbocycles. The van der Waals surface area contributed by atoms with Crippen molar-refractivity contribution in [2.24, 2.45) is 0 Å². The van der Waals surface area contributed by atoms with Gasteiger partial charge in [0.15, 0.2) is 0 Å². The predicted molar refractivity (Wildman–Crippen MR) is 47.7 cm³/mol. The first kappa shape index (κ1) is 9.09. The van der Waals surface area contributed by atoms with Crippen molar-refractivity contribution in [2.45, 2.75) is 11.0 Å². The summed E-state index contributed by atoms with van der Waals surface area (Å²) in [6.45, 7) is 0.658. The average molecular weight is 194 g/mol. The van der Waals surface area contributed by atoms with E-state index in [0.29, 0.717) is 6.61 Å². The maximum Gasteiger partial charge on any atom is 0.201 e. The second-order valence-corrected chi connectivity index (χ2v) is 4.74. The van der Waals surface area contributed by atoms with Gasteiger partial charge in [0.1, 0.15) is 0 Å². The van der Waals surface area contributed by atoms with Crippen molar-refractivity contribution in [3.05, 3.63) is 10.2 Å². The summed E-state index contributed by atoms with van der Waals surface area (Å²) in [5.74, 6) is 0. The molecule has 1 aliphatic rings. The van der Waals surface area contributed by atoms with Crippen LogP contribution in [0, 0.1) is 0 Å². The Morgan fingerprint density at radius 2 is 1.91 bits per heavy atom. The molecule has 0 aromatic rings. The number of thioether (sulfide) groups is 2. The van der Waals surface area contributed by atoms with E-state index in [1.54, 1.807) is 7.11 Å². The molecular weight excluding hydrogens is 184 g/mol. The highest BCUT2D eigenvalue weighted by atomic mass is 32.2. The number of ether oxygens (including phenoxy) is 1. The Hall–Kier alpha value is -0.0000000000000000555. The molecule has 0 spiro atoms. The van der Waals surface area contributed by atoms with Gasteiger partial charge in [-0.05, 0) is 6.42 Å². The molecule has 0 amide bonds. The van der Waals surface area contributed by atoms with Crippen LogP contribution in [0.15, 0.2) is 10.2 Å². The molecular formula is C6H10O3S2. The molecule has 1 heterocycles. The Bertz CT molecular complexity index is 155. The number of rotatable bonds is 3. The molecule has 0 unspecified atom stereocenters. The Morgan fingerprint density at radius 3 is 2.36 bits per heavy atom. The van der Waals surface area contributed by atoms with E-state index in [-0.39, 0.29) is 14.8 Å². The molecule has 1 rings (SSSR count). The molecule has 64 valence electrons. The van der Waals surface area contributed by atoms with Gasteiger partial charge in [0.05, 0.1) is 4.58 Å². The fraction of sp³-hybridized carbons (Fsp3) is 0.667. The van der Waals surface area contributed by atoms with E-state index in [1.807, 2.05) is 0 Å². The zero-order valence-electron chi connectivity index (χ0n) is 6.11. The normalized spacial score (nSPS) is 19.7. The van der Waals surface area contributed by atoms with Crippen molar-refractivity contribution >= 4 is 23.5 Å². The van der Waals surface area contributed by atoms with Crippen molar-refractivity contribution in [3.63, 3.8) is 0 Å². The molecule has 0 saturated heterocycles. The first-order valence-corrected chi connectivity index (χ1v) is 4.94. The fourth-order valence-corrected chi connectivity index (χ4v) is 2.86. The van der Waals surface area contributed by atoms with Gasteiger partial charge in [-0.15, -0.1) is 0 Å². The Balaban J connectivity index is 2.24. The predicted octanol–water partition coefficient (Wildman–Crippen LogP) is 2.07. The summed E-state index contributed by atoms with van der Waals surface area (Å²) in [4.78, 5) is 0. The standard InChI is InChI=1S/C6H10O3S2/c1-9-3-2-4-10-5(7)6(8)11-4/h4,7-8H,2-3H2,1H3. The van der Waals surface area contributed by atoms with Gasteiger partial charge in [-0.25, -0.2) is 0 Å². The van der Waals surface area contributed by atoms with Gasteiger partial charge in [0.2, 0.25) is 10.2 Å². The molecule has 0 aliphatic carbocycles. The zero-order chi connectivity index (χ0) is 8.27. The minimum absolute atomic E-state index is 0.0381. The number of methoxy groups -OCH3 is 1. The maximum atomic E-state index is 9.00. The summed E-state index contributed by atoms with van der Waals surface area (Å²) in [7, 11) is 1.64. The first-order chi connectivity index (χ1) is 5.24. The van der Waals surface area contributed by atoms with Crippen molar-refractivity contribution in [3.8, 4) is 0 Å². The van der Waals surface area contributed by atoms with Crippen LogP contribution in [0.1, 0.15) is 6.42 Å². The molecule has 0 bridgehead atoms. The van der Waals surface area contributed by atoms with E-state index in [0.717, 1.165) is 6.42 Å². The van der Waals surface area contributed by atoms with Gasteiger partial charge < -0.3 is 14.9 Å². The lowest BCUT2D eigenvalue weighted by atomic mass is 10.5. The fourth-order valence-electron chi connectivity index (χ4n) is 0.706. The van der Waals surface area contributed by atoms with Gasteiger partial charge >= 0.3 is 0 Å². The van der Waals surface area contributed by atoms with E-state index in [2.05, 4.69) is 0 Å². The van der Waals surface area contributed by atoms with E-state index in [9.17, 15) is 0 Å². The van der Waals surface area contributed by atoms with Crippen LogP contribution in [0.2, 0.25) is 0 Å². The quantitative estimate of drug-likeness (QED) is 0.720. The van der Waals surface area contributed by atoms with Crippen molar-refractivity contribution < 1.29 is 14.9 Å². The van der Waals surface area contributed by atoms with Crippen LogP contribution in [0.5, 0.6) is 0 Å². The minimum atomic E-state index is 0.0381. The summed E-state index contributed by atoms with van der Waals surface area (Å²) >= 11 is 2.56. The topological polar surface area (TPSA) is 49.7 Å². The number of hydrogen-bond acceptors (Lipinski definition) is 5. The van der Waals surface area contributed by atoms with Crippen LogP contribution < -0.4 is 0 Å². The molecule has 5 heteroatoms. The highest BCUT2D eigenvalue weighted by Gasteiger charge is 2.24. The molecule has 0 aromatic heterocycles. The number of hydrogen-bond donors (Lipinski definition) is 2. The molecule has 0 radical (unpaired) electrons. The molecule has 1 aliphatic heterocycles. The maximum absolute atomic E-state index is 9.00. The van der Waals surface area contributed by atoms with E-state index < -0.39 is 0 Å². The van der Waals surface area contributed by atoms with Crippen molar-refractivity contribution in [2.75, 3.05) is 13.7 Å². The Morgan fingerprint density at radius 1 is 1.36 bits per heavy atom. The molecule has 0 atom stereocenters. The first-order valence-electron chi connectivity index (χ1n) is 3.18. The zero-order valence-corrected chi connectivity index (χ0v) is 7.74. The van der Waals surface area contributed by atoms with Gasteiger partial charge in [-0.3, -0.25) is 0 Å². The van der Waals surface area contributed by atoms with Crippen LogP contribution in [-0.4, -0.2) is 28.5 Å². The summed E-state index contributed by atoms with van der Waals surface area (Å²) in [5, 5.41) is 18.1. The number of aliphatic hydroxyl groups excluding tert-OH is 2. The molecule has 0 fully saturated rings. The smallest absolute Gasteiger partial charge is 0.201 e. The summed E-state index contributed by atoms with van der Waals surface area (Å²) < 4.78 is 5.07. The highest BCUT2D eigenvalue weighted by molar-refractivity contribution is 8.23. The highest BCUT2D eigenvalue weighted by Crippen LogP contribution is 2.44. The van der Waals surface area contributed by atoms with Crippen LogP contribution in [0.25, 0.3) is 0 Å². The van der Waals surface area contributed by atoms with Crippen LogP contribution in [-0.2, 0) is 4.74 Å². The van der Waals surface area contributed by atoms with Crippen LogP contribution in [0.3, 0.4) is 0 Å². The van der Waals surface area contributed by atoms with Crippen molar-refractivity contribution in [1.82, 2.24) is 0 Å². The lowest BCUT2D eigenvalue weighted by Gasteiger charge is -2.04. The second kappa shape index (κ2) is 4.13. The molecule has 3 nitrogen and oxygen atoms in total. The Kier molecular flexibility index (Phi) is 3.42. The van der Waals surface area contributed by atoms with Crippen LogP contribution >= 0.6 is 23.5 Å². The third-order valence-electron chi connectivity index (χ3n) is 1.23. The molecule has 11 heavy (non-hydrogen) atoms. The van der Waals surface area contributed by atoms with E-state index >= 15 is 0 Å². The third kappa shape index (κ3) is 2.50. The number of aliphatic hydroxyl groups is 2.